The minimum atomic E-state index is -1.55. The number of hydrogen-bond acceptors (Lipinski definition) is 0. The zero-order chi connectivity index (χ0) is 23.2. The van der Waals surface area contributed by atoms with Gasteiger partial charge in [-0.05, 0) is 76.0 Å². The lowest BCUT2D eigenvalue weighted by molar-refractivity contribution is 1.20. The van der Waals surface area contributed by atoms with Crippen molar-refractivity contribution < 1.29 is 0 Å². The highest BCUT2D eigenvalue weighted by Gasteiger charge is 2.25. The Bertz CT molecular complexity index is 1190. The molecule has 3 aromatic rings. The molecule has 0 aliphatic heterocycles. The van der Waals surface area contributed by atoms with E-state index in [4.69, 9.17) is 0 Å². The van der Waals surface area contributed by atoms with E-state index < -0.39 is 16.1 Å². The Hall–Kier alpha value is -2.27. The summed E-state index contributed by atoms with van der Waals surface area (Å²) < 4.78 is 0. The quantitative estimate of drug-likeness (QED) is 0.198. The molecule has 0 aliphatic rings. The van der Waals surface area contributed by atoms with Crippen molar-refractivity contribution in [2.24, 2.45) is 0 Å². The number of hydrogen-bond donors (Lipinski definition) is 0. The fourth-order valence-corrected chi connectivity index (χ4v) is 9.53. The molecule has 0 atom stereocenters. The summed E-state index contributed by atoms with van der Waals surface area (Å²) in [4.78, 5) is 0. The van der Waals surface area contributed by atoms with E-state index in [-0.39, 0.29) is 0 Å². The molecule has 0 aromatic heterocycles. The maximum absolute atomic E-state index is 3.85. The maximum Gasteiger partial charge on any atom is 0.138 e. The first-order chi connectivity index (χ1) is 15.5. The summed E-state index contributed by atoms with van der Waals surface area (Å²) in [7, 11) is -3.06. The van der Waals surface area contributed by atoms with Gasteiger partial charge in [0.05, 0.1) is 0 Å². The molecule has 0 nitrogen and oxygen atoms in total. The average Bonchev–Trinajstić information content (AvgIpc) is 2.85. The molecule has 0 spiro atoms. The van der Waals surface area contributed by atoms with Crippen LogP contribution in [0.3, 0.4) is 0 Å². The smallest absolute Gasteiger partial charge is 0.126 e. The van der Waals surface area contributed by atoms with Crippen LogP contribution in [0.4, 0.5) is 0 Å². The van der Waals surface area contributed by atoms with Crippen LogP contribution in [0, 0.1) is 22.9 Å². The van der Waals surface area contributed by atoms with Gasteiger partial charge < -0.3 is 0 Å². The van der Waals surface area contributed by atoms with Crippen LogP contribution in [0.5, 0.6) is 0 Å². The Morgan fingerprint density at radius 1 is 0.562 bits per heavy atom. The molecule has 2 heteroatoms. The van der Waals surface area contributed by atoms with Gasteiger partial charge in [0.15, 0.2) is 0 Å². The lowest BCUT2D eigenvalue weighted by Gasteiger charge is -2.20. The van der Waals surface area contributed by atoms with Gasteiger partial charge in [0.25, 0.3) is 0 Å². The van der Waals surface area contributed by atoms with Gasteiger partial charge in [-0.1, -0.05) is 83.7 Å². The van der Waals surface area contributed by atoms with Crippen LogP contribution in [0.1, 0.15) is 52.7 Å². The molecule has 32 heavy (non-hydrogen) atoms. The molecule has 3 aromatic carbocycles. The van der Waals surface area contributed by atoms with Crippen LogP contribution < -0.4 is 0 Å². The zero-order valence-corrected chi connectivity index (χ0v) is 22.9. The first kappa shape index (κ1) is 24.4. The highest BCUT2D eigenvalue weighted by Crippen LogP contribution is 2.28. The molecule has 0 fully saturated rings. The Morgan fingerprint density at radius 3 is 1.59 bits per heavy atom. The Kier molecular flexibility index (Phi) is 8.05. The minimum absolute atomic E-state index is 1.12. The summed E-state index contributed by atoms with van der Waals surface area (Å²) in [5.74, 6) is 7.39. The normalized spacial score (nSPS) is 11.7. The predicted octanol–water partition coefficient (Wildman–Crippen LogP) is 8.79. The molecule has 166 valence electrons. The second-order valence-electron chi connectivity index (χ2n) is 9.09. The van der Waals surface area contributed by atoms with Gasteiger partial charge in [-0.25, -0.2) is 0 Å². The molecule has 0 radical (unpaired) electrons. The number of rotatable bonds is 6. The van der Waals surface area contributed by atoms with Gasteiger partial charge >= 0.3 is 0 Å². The Balaban J connectivity index is 2.30. The summed E-state index contributed by atoms with van der Waals surface area (Å²) in [5, 5.41) is 5.08. The molecular weight excluding hydrogens is 417 g/mol. The highest BCUT2D eigenvalue weighted by atomic mass is 28.3. The van der Waals surface area contributed by atoms with E-state index in [0.29, 0.717) is 0 Å². The number of fused-ring (bicyclic) bond motifs is 2. The standard InChI is InChI=1S/C30H38Si2/c1-7-31(8-2,9-3)21-19-25-17-18-28-23-26-15-13-14-16-27(26)24-30(28)29(25)20-22-32(10-4,11-5)12-6/h13-18,23-24H,7-12H2,1-6H3. The van der Waals surface area contributed by atoms with Gasteiger partial charge in [0.2, 0.25) is 0 Å². The van der Waals surface area contributed by atoms with E-state index in [0.717, 1.165) is 11.1 Å². The van der Waals surface area contributed by atoms with Gasteiger partial charge in [0, 0.05) is 11.1 Å². The fraction of sp³-hybridized carbons (Fsp3) is 0.400. The Morgan fingerprint density at radius 2 is 1.06 bits per heavy atom. The molecule has 0 saturated carbocycles. The fourth-order valence-electron chi connectivity index (χ4n) is 4.68. The zero-order valence-electron chi connectivity index (χ0n) is 20.9. The van der Waals surface area contributed by atoms with Crippen molar-refractivity contribution in [3.05, 3.63) is 59.7 Å². The van der Waals surface area contributed by atoms with Gasteiger partial charge in [0.1, 0.15) is 16.1 Å². The molecule has 3 rings (SSSR count). The van der Waals surface area contributed by atoms with Crippen molar-refractivity contribution >= 4 is 37.7 Å². The minimum Gasteiger partial charge on any atom is -0.126 e. The van der Waals surface area contributed by atoms with E-state index >= 15 is 0 Å². The molecule has 0 bridgehead atoms. The van der Waals surface area contributed by atoms with E-state index in [1.807, 2.05) is 0 Å². The first-order valence-corrected chi connectivity index (χ1v) is 17.7. The van der Waals surface area contributed by atoms with E-state index in [1.54, 1.807) is 0 Å². The largest absolute Gasteiger partial charge is 0.138 e. The van der Waals surface area contributed by atoms with Gasteiger partial charge in [-0.15, -0.1) is 11.1 Å². The monoisotopic (exact) mass is 454 g/mol. The third kappa shape index (κ3) is 4.88. The SMILES string of the molecule is CC[Si](C#Cc1ccc2cc3ccccc3cc2c1C#C[Si](CC)(CC)CC)(CC)CC. The van der Waals surface area contributed by atoms with E-state index in [9.17, 15) is 0 Å². The van der Waals surface area contributed by atoms with Crippen LogP contribution >= 0.6 is 0 Å². The number of benzene rings is 3. The van der Waals surface area contributed by atoms with Crippen molar-refractivity contribution in [3.8, 4) is 22.9 Å². The molecule has 0 amide bonds. The second kappa shape index (κ2) is 10.6. The van der Waals surface area contributed by atoms with Crippen molar-refractivity contribution in [3.63, 3.8) is 0 Å². The third-order valence-electron chi connectivity index (χ3n) is 7.86. The van der Waals surface area contributed by atoms with E-state index in [1.165, 1.54) is 57.8 Å². The van der Waals surface area contributed by atoms with Crippen molar-refractivity contribution in [2.45, 2.75) is 77.8 Å². The van der Waals surface area contributed by atoms with E-state index in [2.05, 4.69) is 113 Å². The molecular formula is C30H38Si2. The van der Waals surface area contributed by atoms with Crippen LogP contribution in [0.25, 0.3) is 21.5 Å². The topological polar surface area (TPSA) is 0 Å². The van der Waals surface area contributed by atoms with Crippen LogP contribution in [0.2, 0.25) is 36.3 Å². The van der Waals surface area contributed by atoms with Crippen molar-refractivity contribution in [1.29, 1.82) is 0 Å². The Labute approximate surface area is 197 Å². The summed E-state index contributed by atoms with van der Waals surface area (Å²) >= 11 is 0. The molecule has 0 N–H and O–H groups in total. The van der Waals surface area contributed by atoms with Crippen molar-refractivity contribution in [1.82, 2.24) is 0 Å². The van der Waals surface area contributed by atoms with Crippen LogP contribution in [0.15, 0.2) is 48.5 Å². The second-order valence-corrected chi connectivity index (χ2v) is 19.0. The summed E-state index contributed by atoms with van der Waals surface area (Å²) in [6.07, 6.45) is 0. The molecule has 0 saturated heterocycles. The van der Waals surface area contributed by atoms with Gasteiger partial charge in [-0.2, -0.15) is 0 Å². The highest BCUT2D eigenvalue weighted by molar-refractivity contribution is 6.87. The van der Waals surface area contributed by atoms with Gasteiger partial charge in [-0.3, -0.25) is 0 Å². The summed E-state index contributed by atoms with van der Waals surface area (Å²) in [6.45, 7) is 14.0. The lowest BCUT2D eigenvalue weighted by Crippen LogP contribution is -2.29. The average molecular weight is 455 g/mol. The molecule has 0 aliphatic carbocycles. The molecule has 0 unspecified atom stereocenters. The predicted molar refractivity (Wildman–Crippen MR) is 150 cm³/mol. The van der Waals surface area contributed by atoms with Crippen molar-refractivity contribution in [2.75, 3.05) is 0 Å². The summed E-state index contributed by atoms with van der Waals surface area (Å²) in [6, 6.07) is 25.1. The van der Waals surface area contributed by atoms with Crippen LogP contribution in [-0.4, -0.2) is 16.1 Å². The first-order valence-electron chi connectivity index (χ1n) is 12.5. The van der Waals surface area contributed by atoms with Crippen LogP contribution in [-0.2, 0) is 0 Å². The summed E-state index contributed by atoms with van der Waals surface area (Å²) in [5.41, 5.74) is 9.94. The molecule has 0 heterocycles. The third-order valence-corrected chi connectivity index (χ3v) is 17.3. The lowest BCUT2D eigenvalue weighted by atomic mass is 9.96. The maximum atomic E-state index is 3.85.